The predicted molar refractivity (Wildman–Crippen MR) is 114 cm³/mol. The summed E-state index contributed by atoms with van der Waals surface area (Å²) in [5.41, 5.74) is 4.61. The van der Waals surface area contributed by atoms with E-state index in [2.05, 4.69) is 20.9 Å². The quantitative estimate of drug-likeness (QED) is 0.587. The molecule has 2 aromatic heterocycles. The highest BCUT2D eigenvalue weighted by Crippen LogP contribution is 2.43. The predicted octanol–water partition coefficient (Wildman–Crippen LogP) is 4.38. The lowest BCUT2D eigenvalue weighted by atomic mass is 9.84. The van der Waals surface area contributed by atoms with E-state index in [0.29, 0.717) is 22.9 Å². The molecule has 5 nitrogen and oxygen atoms in total. The van der Waals surface area contributed by atoms with Crippen LogP contribution in [0.15, 0.2) is 61.1 Å². The monoisotopic (exact) mass is 419 g/mol. The van der Waals surface area contributed by atoms with Crippen molar-refractivity contribution in [1.29, 1.82) is 0 Å². The van der Waals surface area contributed by atoms with Gasteiger partial charge in [-0.2, -0.15) is 0 Å². The van der Waals surface area contributed by atoms with Gasteiger partial charge >= 0.3 is 0 Å². The molecule has 1 spiro atoms. The minimum Gasteiger partial charge on any atom is -0.365 e. The Balaban J connectivity index is 1.21. The van der Waals surface area contributed by atoms with Gasteiger partial charge in [0.15, 0.2) is 0 Å². The zero-order valence-corrected chi connectivity index (χ0v) is 17.3. The number of benzene rings is 1. The Hall–Kier alpha value is -2.60. The van der Waals surface area contributed by atoms with Crippen LogP contribution in [0, 0.1) is 0 Å². The number of carbonyl (C=O) groups excluding carboxylic acids is 1. The van der Waals surface area contributed by atoms with Gasteiger partial charge < -0.3 is 4.74 Å². The molecule has 0 bridgehead atoms. The molecule has 1 saturated heterocycles. The van der Waals surface area contributed by atoms with Gasteiger partial charge in [0.1, 0.15) is 5.69 Å². The van der Waals surface area contributed by atoms with Crippen LogP contribution in [0.5, 0.6) is 0 Å². The zero-order chi connectivity index (χ0) is 20.6. The van der Waals surface area contributed by atoms with Crippen molar-refractivity contribution in [2.75, 3.05) is 13.1 Å². The van der Waals surface area contributed by atoms with Gasteiger partial charge in [-0.25, -0.2) is 0 Å². The largest absolute Gasteiger partial charge is 0.365 e. The topological polar surface area (TPSA) is 55.3 Å². The van der Waals surface area contributed by atoms with Gasteiger partial charge in [-0.05, 0) is 42.2 Å². The minimum absolute atomic E-state index is 0.0937. The Kier molecular flexibility index (Phi) is 5.11. The van der Waals surface area contributed by atoms with Gasteiger partial charge in [0.25, 0.3) is 0 Å². The Labute approximate surface area is 180 Å². The number of likely N-dealkylation sites (tertiary alicyclic amines) is 1. The number of fused-ring (bicyclic) bond motifs is 2. The third kappa shape index (κ3) is 3.65. The van der Waals surface area contributed by atoms with Crippen molar-refractivity contribution < 1.29 is 9.53 Å². The maximum atomic E-state index is 12.6. The molecule has 0 unspecified atom stereocenters. The van der Waals surface area contributed by atoms with E-state index in [9.17, 15) is 4.79 Å². The van der Waals surface area contributed by atoms with Crippen molar-refractivity contribution in [2.24, 2.45) is 0 Å². The lowest BCUT2D eigenvalue weighted by molar-refractivity contribution is -0.0800. The van der Waals surface area contributed by atoms with E-state index < -0.39 is 0 Å². The molecule has 5 rings (SSSR count). The first kappa shape index (κ1) is 19.4. The molecule has 152 valence electrons. The molecule has 4 heterocycles. The van der Waals surface area contributed by atoms with Crippen LogP contribution in [0.4, 0.5) is 0 Å². The molecule has 2 aliphatic heterocycles. The summed E-state index contributed by atoms with van der Waals surface area (Å²) in [5.74, 6) is -0.0937. The highest BCUT2D eigenvalue weighted by Gasteiger charge is 2.42. The zero-order valence-electron chi connectivity index (χ0n) is 16.6. The van der Waals surface area contributed by atoms with Crippen LogP contribution in [-0.2, 0) is 23.5 Å². The van der Waals surface area contributed by atoms with E-state index >= 15 is 0 Å². The van der Waals surface area contributed by atoms with Gasteiger partial charge in [0.05, 0.1) is 17.2 Å². The summed E-state index contributed by atoms with van der Waals surface area (Å²) >= 11 is 5.85. The molecule has 1 aromatic carbocycles. The maximum absolute atomic E-state index is 12.6. The average Bonchev–Trinajstić information content (AvgIpc) is 3.14. The number of hydrogen-bond donors (Lipinski definition) is 0. The first-order valence-corrected chi connectivity index (χ1v) is 10.6. The maximum Gasteiger partial charge on any atom is 0.211 e. The van der Waals surface area contributed by atoms with E-state index in [1.54, 1.807) is 12.1 Å². The Bertz CT molecular complexity index is 1060. The van der Waals surface area contributed by atoms with Crippen molar-refractivity contribution >= 4 is 17.4 Å². The Morgan fingerprint density at radius 1 is 1.07 bits per heavy atom. The third-order valence-corrected chi connectivity index (χ3v) is 6.38. The first-order valence-electron chi connectivity index (χ1n) is 10.2. The minimum atomic E-state index is -0.165. The second kappa shape index (κ2) is 7.91. The van der Waals surface area contributed by atoms with Gasteiger partial charge in [-0.3, -0.25) is 19.7 Å². The molecule has 0 amide bonds. The molecule has 0 N–H and O–H groups in total. The van der Waals surface area contributed by atoms with Crippen LogP contribution < -0.4 is 0 Å². The number of pyridine rings is 2. The van der Waals surface area contributed by atoms with Crippen LogP contribution in [0.2, 0.25) is 5.02 Å². The highest BCUT2D eigenvalue weighted by atomic mass is 35.5. The molecule has 0 aliphatic carbocycles. The number of nitrogens with zero attached hydrogens (tertiary/aromatic N) is 3. The average molecular weight is 420 g/mol. The van der Waals surface area contributed by atoms with Crippen LogP contribution in [0.25, 0.3) is 0 Å². The lowest BCUT2D eigenvalue weighted by Gasteiger charge is -2.39. The summed E-state index contributed by atoms with van der Waals surface area (Å²) in [7, 11) is 0. The number of carbonyl (C=O) groups is 1. The van der Waals surface area contributed by atoms with Gasteiger partial charge in [-0.1, -0.05) is 35.9 Å². The van der Waals surface area contributed by atoms with Crippen LogP contribution in [0.3, 0.4) is 0 Å². The van der Waals surface area contributed by atoms with Crippen molar-refractivity contribution in [3.63, 3.8) is 0 Å². The molecule has 3 aromatic rings. The van der Waals surface area contributed by atoms with Crippen molar-refractivity contribution in [3.8, 4) is 0 Å². The van der Waals surface area contributed by atoms with E-state index in [-0.39, 0.29) is 11.4 Å². The summed E-state index contributed by atoms with van der Waals surface area (Å²) in [4.78, 5) is 23.4. The molecule has 1 fully saturated rings. The first-order chi connectivity index (χ1) is 14.6. The molecule has 6 heteroatoms. The number of ether oxygens (including phenoxy) is 1. The summed E-state index contributed by atoms with van der Waals surface area (Å²) in [6, 6.07) is 13.2. The molecular formula is C24H22ClN3O2. The fraction of sp³-hybridized carbons (Fsp3) is 0.292. The lowest BCUT2D eigenvalue weighted by Crippen LogP contribution is -2.42. The highest BCUT2D eigenvalue weighted by molar-refractivity contribution is 6.30. The third-order valence-electron chi connectivity index (χ3n) is 6.15. The smallest absolute Gasteiger partial charge is 0.211 e. The summed E-state index contributed by atoms with van der Waals surface area (Å²) < 4.78 is 6.22. The van der Waals surface area contributed by atoms with Crippen LogP contribution in [-0.4, -0.2) is 33.7 Å². The van der Waals surface area contributed by atoms with Crippen LogP contribution >= 0.6 is 11.6 Å². The number of piperidine rings is 1. The Morgan fingerprint density at radius 2 is 1.87 bits per heavy atom. The Morgan fingerprint density at radius 3 is 2.60 bits per heavy atom. The van der Waals surface area contributed by atoms with E-state index in [4.69, 9.17) is 16.3 Å². The number of rotatable bonds is 4. The SMILES string of the molecule is O=C(c1ccc(CN2CCC3(CC2)OCc2ccncc23)cc1)c1ccc(Cl)cn1. The van der Waals surface area contributed by atoms with Gasteiger partial charge in [0, 0.05) is 49.4 Å². The van der Waals surface area contributed by atoms with Crippen molar-refractivity contribution in [3.05, 3.63) is 94.0 Å². The summed E-state index contributed by atoms with van der Waals surface area (Å²) in [5, 5.41) is 0.521. The molecule has 0 saturated carbocycles. The van der Waals surface area contributed by atoms with E-state index in [1.165, 1.54) is 22.9 Å². The molecule has 2 aliphatic rings. The fourth-order valence-electron chi connectivity index (χ4n) is 4.42. The summed E-state index contributed by atoms with van der Waals surface area (Å²) in [6.45, 7) is 3.51. The standard InChI is InChI=1S/C24H22ClN3O2/c25-20-5-6-22(27-13-20)23(29)18-3-1-17(2-4-18)15-28-11-8-24(9-12-28)21-14-26-10-7-19(21)16-30-24/h1-7,10,13-14H,8-9,11-12,15-16H2. The molecular weight excluding hydrogens is 398 g/mol. The number of ketones is 1. The van der Waals surface area contributed by atoms with E-state index in [0.717, 1.165) is 32.5 Å². The molecule has 30 heavy (non-hydrogen) atoms. The van der Waals surface area contributed by atoms with E-state index in [1.807, 2.05) is 36.7 Å². The van der Waals surface area contributed by atoms with Crippen molar-refractivity contribution in [1.82, 2.24) is 14.9 Å². The van der Waals surface area contributed by atoms with Gasteiger partial charge in [-0.15, -0.1) is 0 Å². The van der Waals surface area contributed by atoms with Crippen LogP contribution in [0.1, 0.15) is 45.6 Å². The number of aromatic nitrogens is 2. The second-order valence-corrected chi connectivity index (χ2v) is 8.42. The fourth-order valence-corrected chi connectivity index (χ4v) is 4.53. The van der Waals surface area contributed by atoms with Crippen molar-refractivity contribution in [2.45, 2.75) is 31.6 Å². The summed E-state index contributed by atoms with van der Waals surface area (Å²) in [6.07, 6.45) is 7.26. The molecule has 0 atom stereocenters. The normalized spacial score (nSPS) is 17.8. The second-order valence-electron chi connectivity index (χ2n) is 7.98. The van der Waals surface area contributed by atoms with Gasteiger partial charge in [0.2, 0.25) is 5.78 Å². The number of hydrogen-bond acceptors (Lipinski definition) is 5. The number of halogens is 1. The molecule has 0 radical (unpaired) electrons.